The third kappa shape index (κ3) is 4.40. The van der Waals surface area contributed by atoms with Crippen LogP contribution in [0, 0.1) is 11.8 Å². The first-order valence-corrected chi connectivity index (χ1v) is 12.3. The zero-order valence-electron chi connectivity index (χ0n) is 16.4. The number of piperidine rings is 1. The van der Waals surface area contributed by atoms with Gasteiger partial charge in [-0.1, -0.05) is 49.7 Å². The zero-order valence-corrected chi connectivity index (χ0v) is 18.8. The molecule has 7 heteroatoms. The van der Waals surface area contributed by atoms with Crippen molar-refractivity contribution in [1.29, 1.82) is 0 Å². The summed E-state index contributed by atoms with van der Waals surface area (Å²) in [5.74, 6) is 0.745. The monoisotopic (exact) mass is 446 g/mol. The van der Waals surface area contributed by atoms with E-state index in [2.05, 4.69) is 13.8 Å². The predicted molar refractivity (Wildman–Crippen MR) is 120 cm³/mol. The lowest BCUT2D eigenvalue weighted by atomic mass is 9.94. The molecule has 0 aliphatic carbocycles. The average Bonchev–Trinajstić information content (AvgIpc) is 3.18. The van der Waals surface area contributed by atoms with Crippen molar-refractivity contribution in [3.8, 4) is 21.8 Å². The molecule has 152 valence electrons. The highest BCUT2D eigenvalue weighted by molar-refractivity contribution is 7.89. The molecule has 0 spiro atoms. The van der Waals surface area contributed by atoms with Crippen molar-refractivity contribution in [2.45, 2.75) is 25.2 Å². The van der Waals surface area contributed by atoms with Gasteiger partial charge in [-0.05, 0) is 42.5 Å². The highest BCUT2D eigenvalue weighted by Crippen LogP contribution is 2.32. The molecule has 1 saturated heterocycles. The van der Waals surface area contributed by atoms with E-state index in [0.717, 1.165) is 28.2 Å². The van der Waals surface area contributed by atoms with E-state index in [4.69, 9.17) is 16.6 Å². The Bertz CT molecular complexity index is 1100. The van der Waals surface area contributed by atoms with Gasteiger partial charge in [0.25, 0.3) is 0 Å². The molecule has 0 amide bonds. The maximum absolute atomic E-state index is 13.2. The normalized spacial score (nSPS) is 20.7. The van der Waals surface area contributed by atoms with Crippen LogP contribution in [-0.2, 0) is 10.0 Å². The van der Waals surface area contributed by atoms with Crippen LogP contribution in [0.25, 0.3) is 21.8 Å². The molecule has 4 nitrogen and oxygen atoms in total. The van der Waals surface area contributed by atoms with Gasteiger partial charge in [-0.25, -0.2) is 13.4 Å². The highest BCUT2D eigenvalue weighted by Gasteiger charge is 2.31. The second kappa shape index (κ2) is 8.19. The first-order valence-electron chi connectivity index (χ1n) is 9.65. The number of hydrogen-bond donors (Lipinski definition) is 0. The molecule has 1 aromatic heterocycles. The first-order chi connectivity index (χ1) is 13.8. The van der Waals surface area contributed by atoms with Gasteiger partial charge in [-0.2, -0.15) is 4.31 Å². The fraction of sp³-hybridized carbons (Fsp3) is 0.318. The summed E-state index contributed by atoms with van der Waals surface area (Å²) < 4.78 is 28.1. The molecule has 1 fully saturated rings. The van der Waals surface area contributed by atoms with Crippen molar-refractivity contribution < 1.29 is 8.42 Å². The Labute approximate surface area is 181 Å². The first kappa shape index (κ1) is 20.5. The number of halogens is 1. The van der Waals surface area contributed by atoms with E-state index in [1.807, 2.05) is 35.7 Å². The number of rotatable bonds is 4. The van der Waals surface area contributed by atoms with Crippen LogP contribution in [0.5, 0.6) is 0 Å². The van der Waals surface area contributed by atoms with Crippen molar-refractivity contribution in [3.63, 3.8) is 0 Å². The Balaban J connectivity index is 1.63. The Morgan fingerprint density at radius 2 is 1.72 bits per heavy atom. The third-order valence-electron chi connectivity index (χ3n) is 5.20. The standard InChI is InChI=1S/C22H23ClN2O2S2/c1-15-10-16(2)13-25(12-15)29(26,27)20-5-3-4-18(11-20)21-14-28-22(24-21)17-6-8-19(23)9-7-17/h3-9,11,14-16H,10,12-13H2,1-2H3/t15-,16-/m1/s1. The molecule has 3 aromatic rings. The van der Waals surface area contributed by atoms with E-state index in [0.29, 0.717) is 34.8 Å². The topological polar surface area (TPSA) is 50.3 Å². The van der Waals surface area contributed by atoms with Crippen LogP contribution in [0.3, 0.4) is 0 Å². The number of sulfonamides is 1. The minimum Gasteiger partial charge on any atom is -0.236 e. The van der Waals surface area contributed by atoms with Gasteiger partial charge < -0.3 is 0 Å². The van der Waals surface area contributed by atoms with Crippen molar-refractivity contribution in [2.75, 3.05) is 13.1 Å². The summed E-state index contributed by atoms with van der Waals surface area (Å²) in [6, 6.07) is 14.7. The van der Waals surface area contributed by atoms with Crippen molar-refractivity contribution in [1.82, 2.24) is 9.29 Å². The summed E-state index contributed by atoms with van der Waals surface area (Å²) in [6.45, 7) is 5.38. The summed E-state index contributed by atoms with van der Waals surface area (Å²) in [6.07, 6.45) is 1.07. The van der Waals surface area contributed by atoms with Crippen LogP contribution in [0.4, 0.5) is 0 Å². The van der Waals surface area contributed by atoms with Gasteiger partial charge in [0, 0.05) is 34.6 Å². The molecule has 1 aliphatic rings. The minimum atomic E-state index is -3.51. The van der Waals surface area contributed by atoms with Crippen LogP contribution >= 0.6 is 22.9 Å². The summed E-state index contributed by atoms with van der Waals surface area (Å²) in [5, 5.41) is 3.52. The van der Waals surface area contributed by atoms with Crippen LogP contribution in [0.1, 0.15) is 20.3 Å². The Morgan fingerprint density at radius 3 is 2.41 bits per heavy atom. The fourth-order valence-electron chi connectivity index (χ4n) is 3.90. The van der Waals surface area contributed by atoms with E-state index in [1.54, 1.807) is 22.5 Å². The second-order valence-electron chi connectivity index (χ2n) is 7.84. The van der Waals surface area contributed by atoms with Gasteiger partial charge in [0.2, 0.25) is 10.0 Å². The summed E-state index contributed by atoms with van der Waals surface area (Å²) in [4.78, 5) is 5.04. The third-order valence-corrected chi connectivity index (χ3v) is 8.17. The number of hydrogen-bond acceptors (Lipinski definition) is 4. The summed E-state index contributed by atoms with van der Waals surface area (Å²) in [5.41, 5.74) is 2.57. The van der Waals surface area contributed by atoms with Crippen LogP contribution in [-0.4, -0.2) is 30.8 Å². The Kier molecular flexibility index (Phi) is 5.80. The number of thiazole rings is 1. The maximum Gasteiger partial charge on any atom is 0.243 e. The SMILES string of the molecule is C[C@@H]1C[C@@H](C)CN(S(=O)(=O)c2cccc(-c3csc(-c4ccc(Cl)cc4)n3)c2)C1. The lowest BCUT2D eigenvalue weighted by Crippen LogP contribution is -2.42. The number of benzene rings is 2. The maximum atomic E-state index is 13.2. The van der Waals surface area contributed by atoms with E-state index in [-0.39, 0.29) is 0 Å². The molecule has 0 N–H and O–H groups in total. The summed E-state index contributed by atoms with van der Waals surface area (Å²) in [7, 11) is -3.51. The molecule has 4 rings (SSSR count). The van der Waals surface area contributed by atoms with Gasteiger partial charge in [0.1, 0.15) is 5.01 Å². The fourth-order valence-corrected chi connectivity index (χ4v) is 6.59. The number of aromatic nitrogens is 1. The van der Waals surface area contributed by atoms with Crippen molar-refractivity contribution >= 4 is 33.0 Å². The van der Waals surface area contributed by atoms with E-state index in [1.165, 1.54) is 11.3 Å². The van der Waals surface area contributed by atoms with Crippen LogP contribution < -0.4 is 0 Å². The minimum absolute atomic E-state index is 0.331. The highest BCUT2D eigenvalue weighted by atomic mass is 35.5. The molecule has 2 atom stereocenters. The van der Waals surface area contributed by atoms with Gasteiger partial charge in [-0.15, -0.1) is 11.3 Å². The smallest absolute Gasteiger partial charge is 0.236 e. The lowest BCUT2D eigenvalue weighted by Gasteiger charge is -2.34. The Hall–Kier alpha value is -1.73. The van der Waals surface area contributed by atoms with Crippen molar-refractivity contribution in [2.24, 2.45) is 11.8 Å². The largest absolute Gasteiger partial charge is 0.243 e. The van der Waals surface area contributed by atoms with E-state index >= 15 is 0 Å². The van der Waals surface area contributed by atoms with Gasteiger partial charge in [0.05, 0.1) is 10.6 Å². The molecule has 2 heterocycles. The molecule has 0 radical (unpaired) electrons. The molecule has 0 unspecified atom stereocenters. The Morgan fingerprint density at radius 1 is 1.03 bits per heavy atom. The molecule has 29 heavy (non-hydrogen) atoms. The van der Waals surface area contributed by atoms with E-state index in [9.17, 15) is 8.42 Å². The number of nitrogens with zero attached hydrogens (tertiary/aromatic N) is 2. The molecule has 2 aromatic carbocycles. The quantitative estimate of drug-likeness (QED) is 0.509. The van der Waals surface area contributed by atoms with Crippen LogP contribution in [0.2, 0.25) is 5.02 Å². The average molecular weight is 447 g/mol. The predicted octanol–water partition coefficient (Wildman–Crippen LogP) is 5.80. The molecular weight excluding hydrogens is 424 g/mol. The zero-order chi connectivity index (χ0) is 20.6. The molecular formula is C22H23ClN2O2S2. The van der Waals surface area contributed by atoms with Gasteiger partial charge in [-0.3, -0.25) is 0 Å². The summed E-state index contributed by atoms with van der Waals surface area (Å²) >= 11 is 7.50. The van der Waals surface area contributed by atoms with Crippen molar-refractivity contribution in [3.05, 3.63) is 58.9 Å². The van der Waals surface area contributed by atoms with E-state index < -0.39 is 10.0 Å². The van der Waals surface area contributed by atoms with Crippen LogP contribution in [0.15, 0.2) is 58.8 Å². The van der Waals surface area contributed by atoms with Gasteiger partial charge >= 0.3 is 0 Å². The molecule has 1 aliphatic heterocycles. The van der Waals surface area contributed by atoms with Gasteiger partial charge in [0.15, 0.2) is 0 Å². The molecule has 0 saturated carbocycles. The second-order valence-corrected chi connectivity index (χ2v) is 11.1. The molecule has 0 bridgehead atoms. The lowest BCUT2D eigenvalue weighted by molar-refractivity contribution is 0.222.